The van der Waals surface area contributed by atoms with Crippen LogP contribution in [0.2, 0.25) is 0 Å². The summed E-state index contributed by atoms with van der Waals surface area (Å²) in [4.78, 5) is 12.2. The second kappa shape index (κ2) is 8.52. The van der Waals surface area contributed by atoms with Crippen molar-refractivity contribution < 1.29 is 28.8 Å². The number of unbranched alkanes of at least 4 members (excludes halogenated alkanes) is 2. The summed E-state index contributed by atoms with van der Waals surface area (Å²) < 4.78 is 23.2. The van der Waals surface area contributed by atoms with Gasteiger partial charge in [0.2, 0.25) is 0 Å². The molecule has 160 valence electrons. The van der Waals surface area contributed by atoms with E-state index in [1.165, 1.54) is 19.6 Å². The highest BCUT2D eigenvalue weighted by atomic mass is 16.7. The van der Waals surface area contributed by atoms with Crippen LogP contribution in [0.25, 0.3) is 0 Å². The molecule has 1 spiro atoms. The number of benzene rings is 1. The first-order valence-electron chi connectivity index (χ1n) is 11.0. The van der Waals surface area contributed by atoms with Gasteiger partial charge < -0.3 is 24.1 Å². The molecule has 0 amide bonds. The Kier molecular flexibility index (Phi) is 6.02. The molecule has 6 heteroatoms. The smallest absolute Gasteiger partial charge is 0.342 e. The molecular weight excluding hydrogens is 372 g/mol. The normalized spacial score (nSPS) is 31.1. The molecular formula is C23H32O6. The van der Waals surface area contributed by atoms with Crippen LogP contribution in [0.1, 0.15) is 93.2 Å². The van der Waals surface area contributed by atoms with Crippen molar-refractivity contribution in [1.29, 1.82) is 0 Å². The average molecular weight is 405 g/mol. The molecule has 0 aromatic heterocycles. The predicted molar refractivity (Wildman–Crippen MR) is 107 cm³/mol. The maximum Gasteiger partial charge on any atom is 0.342 e. The standard InChI is InChI=1S/C23H32O6/c1-15-10-12-23(28-15)11-6-8-17(29-23)7-4-3-5-9-19-18-13-16(24)14-20(26-2)21(18)22(25)27-19/h13-15,17,19,24H,3-12H2,1-2H3/t15-,17+,19-,23-/m1/s1. The van der Waals surface area contributed by atoms with E-state index >= 15 is 0 Å². The van der Waals surface area contributed by atoms with Gasteiger partial charge in [-0.05, 0) is 51.5 Å². The van der Waals surface area contributed by atoms with Crippen LogP contribution < -0.4 is 4.74 Å². The molecule has 0 saturated carbocycles. The third-order valence-electron chi connectivity index (χ3n) is 6.44. The van der Waals surface area contributed by atoms with Crippen LogP contribution in [-0.2, 0) is 14.2 Å². The summed E-state index contributed by atoms with van der Waals surface area (Å²) in [5.74, 6) is -0.214. The van der Waals surface area contributed by atoms with Gasteiger partial charge in [0.15, 0.2) is 5.79 Å². The van der Waals surface area contributed by atoms with E-state index in [9.17, 15) is 9.90 Å². The molecule has 2 fully saturated rings. The number of hydrogen-bond donors (Lipinski definition) is 1. The fourth-order valence-corrected chi connectivity index (χ4v) is 5.00. The van der Waals surface area contributed by atoms with Crippen LogP contribution >= 0.6 is 0 Å². The molecule has 3 aliphatic rings. The van der Waals surface area contributed by atoms with Crippen LogP contribution in [0.4, 0.5) is 0 Å². The molecule has 6 nitrogen and oxygen atoms in total. The van der Waals surface area contributed by atoms with Crippen LogP contribution in [-0.4, -0.2) is 36.2 Å². The Balaban J connectivity index is 1.23. The van der Waals surface area contributed by atoms with Gasteiger partial charge in [0.1, 0.15) is 23.2 Å². The molecule has 3 aliphatic heterocycles. The Morgan fingerprint density at radius 3 is 2.72 bits per heavy atom. The number of esters is 1. The summed E-state index contributed by atoms with van der Waals surface area (Å²) in [6.45, 7) is 2.13. The number of ether oxygens (including phenoxy) is 4. The van der Waals surface area contributed by atoms with Crippen molar-refractivity contribution >= 4 is 5.97 Å². The van der Waals surface area contributed by atoms with Gasteiger partial charge in [-0.2, -0.15) is 0 Å². The predicted octanol–water partition coefficient (Wildman–Crippen LogP) is 5.03. The van der Waals surface area contributed by atoms with Gasteiger partial charge in [-0.15, -0.1) is 0 Å². The zero-order chi connectivity index (χ0) is 20.4. The van der Waals surface area contributed by atoms with Gasteiger partial charge in [0.05, 0.1) is 19.3 Å². The van der Waals surface area contributed by atoms with Crippen molar-refractivity contribution in [2.24, 2.45) is 0 Å². The number of cyclic esters (lactones) is 1. The number of fused-ring (bicyclic) bond motifs is 1. The lowest BCUT2D eigenvalue weighted by Crippen LogP contribution is -2.40. The quantitative estimate of drug-likeness (QED) is 0.508. The van der Waals surface area contributed by atoms with E-state index in [0.717, 1.165) is 63.4 Å². The van der Waals surface area contributed by atoms with Gasteiger partial charge in [-0.1, -0.05) is 12.8 Å². The maximum absolute atomic E-state index is 12.2. The molecule has 29 heavy (non-hydrogen) atoms. The van der Waals surface area contributed by atoms with Crippen LogP contribution in [0, 0.1) is 0 Å². The minimum atomic E-state index is -0.367. The second-order valence-corrected chi connectivity index (χ2v) is 8.65. The fraction of sp³-hybridized carbons (Fsp3) is 0.696. The van der Waals surface area contributed by atoms with Gasteiger partial charge in [0, 0.05) is 24.5 Å². The molecule has 4 rings (SSSR count). The molecule has 0 bridgehead atoms. The summed E-state index contributed by atoms with van der Waals surface area (Å²) in [5.41, 5.74) is 1.18. The highest BCUT2D eigenvalue weighted by Crippen LogP contribution is 2.43. The lowest BCUT2D eigenvalue weighted by atomic mass is 9.95. The largest absolute Gasteiger partial charge is 0.508 e. The first-order chi connectivity index (χ1) is 14.0. The summed E-state index contributed by atoms with van der Waals surface area (Å²) >= 11 is 0. The number of hydrogen-bond acceptors (Lipinski definition) is 6. The summed E-state index contributed by atoms with van der Waals surface area (Å²) in [6.07, 6.45) is 10.6. The van der Waals surface area contributed by atoms with Gasteiger partial charge in [-0.3, -0.25) is 0 Å². The lowest BCUT2D eigenvalue weighted by Gasteiger charge is -2.38. The molecule has 0 aliphatic carbocycles. The number of carbonyl (C=O) groups excluding carboxylic acids is 1. The summed E-state index contributed by atoms with van der Waals surface area (Å²) in [7, 11) is 1.49. The first-order valence-corrected chi connectivity index (χ1v) is 11.0. The SMILES string of the molecule is COc1cc(O)cc2c1C(=O)O[C@@H]2CCCCC[C@H]1CCC[C@]2(CC[C@@H](C)O2)O1. The molecule has 2 saturated heterocycles. The number of phenolic OH excluding ortho intramolecular Hbond substituents is 1. The number of rotatable bonds is 7. The highest BCUT2D eigenvalue weighted by Gasteiger charge is 2.43. The lowest BCUT2D eigenvalue weighted by molar-refractivity contribution is -0.269. The molecule has 1 aromatic rings. The van der Waals surface area contributed by atoms with E-state index in [1.807, 2.05) is 0 Å². The Morgan fingerprint density at radius 1 is 1.14 bits per heavy atom. The average Bonchev–Trinajstić information content (AvgIpc) is 3.20. The zero-order valence-corrected chi connectivity index (χ0v) is 17.4. The Morgan fingerprint density at radius 2 is 1.97 bits per heavy atom. The van der Waals surface area contributed by atoms with Crippen molar-refractivity contribution in [2.45, 2.75) is 95.2 Å². The van der Waals surface area contributed by atoms with E-state index in [4.69, 9.17) is 18.9 Å². The summed E-state index contributed by atoms with van der Waals surface area (Å²) in [6, 6.07) is 3.07. The molecule has 0 radical (unpaired) electrons. The molecule has 4 atom stereocenters. The topological polar surface area (TPSA) is 74.2 Å². The van der Waals surface area contributed by atoms with Crippen LogP contribution in [0.15, 0.2) is 12.1 Å². The van der Waals surface area contributed by atoms with Crippen LogP contribution in [0.3, 0.4) is 0 Å². The van der Waals surface area contributed by atoms with E-state index in [-0.39, 0.29) is 23.6 Å². The first kappa shape index (κ1) is 20.5. The number of phenols is 1. The minimum absolute atomic E-state index is 0.0933. The number of carbonyl (C=O) groups is 1. The maximum atomic E-state index is 12.2. The third kappa shape index (κ3) is 4.38. The van der Waals surface area contributed by atoms with E-state index in [2.05, 4.69) is 6.92 Å². The fourth-order valence-electron chi connectivity index (χ4n) is 5.00. The van der Waals surface area contributed by atoms with Gasteiger partial charge in [-0.25, -0.2) is 4.79 Å². The summed E-state index contributed by atoms with van der Waals surface area (Å²) in [5, 5.41) is 9.90. The van der Waals surface area contributed by atoms with Crippen LogP contribution in [0.5, 0.6) is 11.5 Å². The van der Waals surface area contributed by atoms with Crippen molar-refractivity contribution in [3.63, 3.8) is 0 Å². The molecule has 1 N–H and O–H groups in total. The van der Waals surface area contributed by atoms with Gasteiger partial charge in [0.25, 0.3) is 0 Å². The van der Waals surface area contributed by atoms with Crippen molar-refractivity contribution in [1.82, 2.24) is 0 Å². The zero-order valence-electron chi connectivity index (χ0n) is 17.4. The molecule has 1 aromatic carbocycles. The Bertz CT molecular complexity index is 743. The third-order valence-corrected chi connectivity index (χ3v) is 6.44. The van der Waals surface area contributed by atoms with Crippen molar-refractivity contribution in [3.8, 4) is 11.5 Å². The Labute approximate surface area is 172 Å². The molecule has 0 unspecified atom stereocenters. The number of aromatic hydroxyl groups is 1. The van der Waals surface area contributed by atoms with Crippen molar-refractivity contribution in [2.75, 3.05) is 7.11 Å². The van der Waals surface area contributed by atoms with Gasteiger partial charge >= 0.3 is 5.97 Å². The second-order valence-electron chi connectivity index (χ2n) is 8.65. The van der Waals surface area contributed by atoms with E-state index in [0.29, 0.717) is 23.5 Å². The van der Waals surface area contributed by atoms with E-state index in [1.54, 1.807) is 6.07 Å². The van der Waals surface area contributed by atoms with Crippen molar-refractivity contribution in [3.05, 3.63) is 23.3 Å². The molecule has 3 heterocycles. The Hall–Kier alpha value is -1.79. The minimum Gasteiger partial charge on any atom is -0.508 e. The van der Waals surface area contributed by atoms with E-state index < -0.39 is 0 Å². The number of methoxy groups -OCH3 is 1. The highest BCUT2D eigenvalue weighted by molar-refractivity contribution is 5.97. The monoisotopic (exact) mass is 404 g/mol.